The second kappa shape index (κ2) is 9.04. The Labute approximate surface area is 198 Å². The number of imidazole rings is 1. The quantitative estimate of drug-likeness (QED) is 0.427. The van der Waals surface area contributed by atoms with Gasteiger partial charge in [0.05, 0.1) is 15.9 Å². The lowest BCUT2D eigenvalue weighted by molar-refractivity contribution is -0.119. The monoisotopic (exact) mass is 474 g/mol. The molecule has 0 bridgehead atoms. The first-order chi connectivity index (χ1) is 16.5. The molecule has 4 aromatic rings. The van der Waals surface area contributed by atoms with Crippen LogP contribution in [0.25, 0.3) is 22.4 Å². The van der Waals surface area contributed by atoms with E-state index in [4.69, 9.17) is 0 Å². The Hall–Kier alpha value is -3.49. The van der Waals surface area contributed by atoms with E-state index in [1.54, 1.807) is 18.2 Å². The van der Waals surface area contributed by atoms with Gasteiger partial charge in [0.2, 0.25) is 15.9 Å². The van der Waals surface area contributed by atoms with Gasteiger partial charge in [-0.2, -0.15) is 4.31 Å². The molecule has 0 spiro atoms. The van der Waals surface area contributed by atoms with Crippen LogP contribution in [0.5, 0.6) is 0 Å². The molecule has 1 amide bonds. The Morgan fingerprint density at radius 2 is 1.91 bits per heavy atom. The van der Waals surface area contributed by atoms with Crippen LogP contribution in [0.3, 0.4) is 0 Å². The van der Waals surface area contributed by atoms with Gasteiger partial charge in [-0.25, -0.2) is 13.4 Å². The van der Waals surface area contributed by atoms with Crippen LogP contribution in [0, 0.1) is 0 Å². The summed E-state index contributed by atoms with van der Waals surface area (Å²) in [6.45, 7) is 2.36. The first-order valence-electron chi connectivity index (χ1n) is 11.4. The summed E-state index contributed by atoms with van der Waals surface area (Å²) in [5, 5.41) is 2.90. The first kappa shape index (κ1) is 22.3. The van der Waals surface area contributed by atoms with E-state index in [9.17, 15) is 13.2 Å². The largest absolute Gasteiger partial charge is 0.338 e. The van der Waals surface area contributed by atoms with Crippen molar-refractivity contribution in [1.82, 2.24) is 14.3 Å². The maximum Gasteiger partial charge on any atom is 0.243 e. The second-order valence-corrected chi connectivity index (χ2v) is 10.3. The van der Waals surface area contributed by atoms with E-state index in [1.807, 2.05) is 61.5 Å². The topological polar surface area (TPSA) is 95.2 Å². The molecular formula is C26H26N4O3S. The smallest absolute Gasteiger partial charge is 0.243 e. The zero-order chi connectivity index (χ0) is 23.7. The average Bonchev–Trinajstić information content (AvgIpc) is 3.52. The molecule has 2 heterocycles. The van der Waals surface area contributed by atoms with Crippen molar-refractivity contribution in [2.45, 2.75) is 37.1 Å². The highest BCUT2D eigenvalue weighted by atomic mass is 32.2. The Balaban J connectivity index is 1.41. The summed E-state index contributed by atoms with van der Waals surface area (Å²) in [6, 6.07) is 21.4. The molecule has 0 unspecified atom stereocenters. The molecule has 1 aromatic heterocycles. The van der Waals surface area contributed by atoms with Gasteiger partial charge in [0, 0.05) is 17.8 Å². The standard InChI is InChI=1S/C26H26N4O3S/c1-2-18-8-6-11-20(16-18)27-26(31)24-12-7-15-30(24)34(32,33)21-13-14-22-23(17-21)29-25(28-22)19-9-4-3-5-10-19/h3-6,8-11,13-14,16-17,24H,2,7,12,15H2,1H3,(H,27,31)(H,28,29)/t24-/m0/s1. The van der Waals surface area contributed by atoms with Crippen LogP contribution < -0.4 is 5.32 Å². The SMILES string of the molecule is CCc1cccc(NC(=O)[C@@H]2CCCN2S(=O)(=O)c2ccc3nc(-c4ccccc4)[nH]c3c2)c1. The fourth-order valence-corrected chi connectivity index (χ4v) is 6.08. The molecule has 1 fully saturated rings. The van der Waals surface area contributed by atoms with Gasteiger partial charge in [-0.3, -0.25) is 4.79 Å². The number of nitrogens with one attached hydrogen (secondary N) is 2. The van der Waals surface area contributed by atoms with E-state index < -0.39 is 16.1 Å². The van der Waals surface area contributed by atoms with Gasteiger partial charge in [-0.15, -0.1) is 0 Å². The van der Waals surface area contributed by atoms with E-state index in [2.05, 4.69) is 15.3 Å². The number of aromatic amines is 1. The average molecular weight is 475 g/mol. The minimum atomic E-state index is -3.86. The van der Waals surface area contributed by atoms with E-state index >= 15 is 0 Å². The normalized spacial score (nSPS) is 16.7. The van der Waals surface area contributed by atoms with Gasteiger partial charge in [-0.05, 0) is 55.2 Å². The van der Waals surface area contributed by atoms with Gasteiger partial charge in [0.15, 0.2) is 0 Å². The van der Waals surface area contributed by atoms with E-state index in [1.165, 1.54) is 4.31 Å². The van der Waals surface area contributed by atoms with Crippen LogP contribution in [0.15, 0.2) is 77.7 Å². The number of amides is 1. The highest BCUT2D eigenvalue weighted by molar-refractivity contribution is 7.89. The number of benzene rings is 3. The molecular weight excluding hydrogens is 448 g/mol. The Kier molecular flexibility index (Phi) is 5.93. The summed E-state index contributed by atoms with van der Waals surface area (Å²) in [5.41, 5.74) is 4.03. The van der Waals surface area contributed by atoms with Crippen LogP contribution in [0.4, 0.5) is 5.69 Å². The highest BCUT2D eigenvalue weighted by Gasteiger charge is 2.39. The molecule has 34 heavy (non-hydrogen) atoms. The minimum Gasteiger partial charge on any atom is -0.338 e. The van der Waals surface area contributed by atoms with E-state index in [0.29, 0.717) is 41.9 Å². The Morgan fingerprint density at radius 3 is 2.71 bits per heavy atom. The predicted octanol–water partition coefficient (Wildman–Crippen LogP) is 4.58. The fourth-order valence-electron chi connectivity index (χ4n) is 4.40. The predicted molar refractivity (Wildman–Crippen MR) is 133 cm³/mol. The van der Waals surface area contributed by atoms with Crippen molar-refractivity contribution in [2.75, 3.05) is 11.9 Å². The number of H-pyrrole nitrogens is 1. The second-order valence-electron chi connectivity index (χ2n) is 8.45. The number of aryl methyl sites for hydroxylation is 1. The molecule has 1 aliphatic rings. The number of sulfonamides is 1. The van der Waals surface area contributed by atoms with Gasteiger partial charge >= 0.3 is 0 Å². The first-order valence-corrected chi connectivity index (χ1v) is 12.9. The summed E-state index contributed by atoms with van der Waals surface area (Å²) >= 11 is 0. The maximum atomic E-state index is 13.5. The molecule has 2 N–H and O–H groups in total. The minimum absolute atomic E-state index is 0.149. The Morgan fingerprint density at radius 1 is 1.09 bits per heavy atom. The molecule has 0 radical (unpaired) electrons. The summed E-state index contributed by atoms with van der Waals surface area (Å²) < 4.78 is 28.4. The lowest BCUT2D eigenvalue weighted by Crippen LogP contribution is -2.43. The third-order valence-corrected chi connectivity index (χ3v) is 8.12. The van der Waals surface area contributed by atoms with Crippen LogP contribution in [0.1, 0.15) is 25.3 Å². The van der Waals surface area contributed by atoms with E-state index in [-0.39, 0.29) is 10.8 Å². The summed E-state index contributed by atoms with van der Waals surface area (Å²) in [6.07, 6.45) is 1.98. The molecule has 5 rings (SSSR count). The van der Waals surface area contributed by atoms with Crippen molar-refractivity contribution in [3.05, 3.63) is 78.4 Å². The number of anilines is 1. The third kappa shape index (κ3) is 4.22. The molecule has 8 heteroatoms. The number of carbonyl (C=O) groups is 1. The molecule has 0 saturated carbocycles. The van der Waals surface area contributed by atoms with Crippen molar-refractivity contribution < 1.29 is 13.2 Å². The van der Waals surface area contributed by atoms with Gasteiger partial charge in [0.1, 0.15) is 11.9 Å². The van der Waals surface area contributed by atoms with Gasteiger partial charge < -0.3 is 10.3 Å². The number of fused-ring (bicyclic) bond motifs is 1. The number of carbonyl (C=O) groups excluding carboxylic acids is 1. The van der Waals surface area contributed by atoms with Gasteiger partial charge in [-0.1, -0.05) is 49.4 Å². The molecule has 3 aromatic carbocycles. The van der Waals surface area contributed by atoms with Crippen molar-refractivity contribution in [3.63, 3.8) is 0 Å². The number of hydrogen-bond donors (Lipinski definition) is 2. The van der Waals surface area contributed by atoms with Crippen molar-refractivity contribution in [2.24, 2.45) is 0 Å². The van der Waals surface area contributed by atoms with Crippen LogP contribution >= 0.6 is 0 Å². The Bertz CT molecular complexity index is 1450. The number of aromatic nitrogens is 2. The zero-order valence-electron chi connectivity index (χ0n) is 18.9. The highest BCUT2D eigenvalue weighted by Crippen LogP contribution is 2.29. The summed E-state index contributed by atoms with van der Waals surface area (Å²) in [4.78, 5) is 21.0. The molecule has 0 aliphatic carbocycles. The van der Waals surface area contributed by atoms with E-state index in [0.717, 1.165) is 17.5 Å². The summed E-state index contributed by atoms with van der Waals surface area (Å²) in [7, 11) is -3.86. The molecule has 174 valence electrons. The fraction of sp³-hybridized carbons (Fsp3) is 0.231. The maximum absolute atomic E-state index is 13.5. The zero-order valence-corrected chi connectivity index (χ0v) is 19.7. The molecule has 7 nitrogen and oxygen atoms in total. The summed E-state index contributed by atoms with van der Waals surface area (Å²) in [5.74, 6) is 0.376. The number of hydrogen-bond acceptors (Lipinski definition) is 4. The molecule has 1 saturated heterocycles. The molecule has 1 atom stereocenters. The van der Waals surface area contributed by atoms with Crippen molar-refractivity contribution in [3.8, 4) is 11.4 Å². The van der Waals surface area contributed by atoms with Crippen molar-refractivity contribution >= 4 is 32.7 Å². The van der Waals surface area contributed by atoms with Crippen molar-refractivity contribution in [1.29, 1.82) is 0 Å². The number of rotatable bonds is 6. The lowest BCUT2D eigenvalue weighted by atomic mass is 10.1. The van der Waals surface area contributed by atoms with Gasteiger partial charge in [0.25, 0.3) is 0 Å². The van der Waals surface area contributed by atoms with Crippen LogP contribution in [0.2, 0.25) is 0 Å². The van der Waals surface area contributed by atoms with Crippen LogP contribution in [-0.2, 0) is 21.2 Å². The van der Waals surface area contributed by atoms with Crippen LogP contribution in [-0.4, -0.2) is 41.2 Å². The third-order valence-electron chi connectivity index (χ3n) is 6.22. The lowest BCUT2D eigenvalue weighted by Gasteiger charge is -2.23. The molecule has 1 aliphatic heterocycles. The number of nitrogens with zero attached hydrogens (tertiary/aromatic N) is 2.